The van der Waals surface area contributed by atoms with E-state index in [1.165, 1.54) is 0 Å². The first kappa shape index (κ1) is 17.0. The molecule has 2 atom stereocenters. The van der Waals surface area contributed by atoms with Crippen molar-refractivity contribution in [2.45, 2.75) is 19.4 Å². The SMILES string of the molecule is O=C(C1CCOCC1)N1CC2CN(CCn3ccnc3)CC2(CO)C1. The van der Waals surface area contributed by atoms with Crippen LogP contribution in [-0.2, 0) is 16.1 Å². The predicted molar refractivity (Wildman–Crippen MR) is 91.8 cm³/mol. The van der Waals surface area contributed by atoms with Gasteiger partial charge in [0.15, 0.2) is 0 Å². The topological polar surface area (TPSA) is 70.8 Å². The summed E-state index contributed by atoms with van der Waals surface area (Å²) in [6.07, 6.45) is 7.29. The summed E-state index contributed by atoms with van der Waals surface area (Å²) in [7, 11) is 0. The predicted octanol–water partition coefficient (Wildman–Crippen LogP) is 0.0624. The number of likely N-dealkylation sites (tertiary alicyclic amines) is 2. The molecule has 7 heteroatoms. The number of amides is 1. The Morgan fingerprint density at radius 1 is 1.24 bits per heavy atom. The number of aromatic nitrogens is 2. The molecule has 4 heterocycles. The Hall–Kier alpha value is -1.44. The maximum atomic E-state index is 12.8. The molecular formula is C18H28N4O3. The number of imidazole rings is 1. The molecule has 0 saturated carbocycles. The van der Waals surface area contributed by atoms with Gasteiger partial charge in [0, 0.05) is 76.2 Å². The van der Waals surface area contributed by atoms with E-state index in [1.54, 1.807) is 6.20 Å². The minimum atomic E-state index is -0.143. The molecule has 3 saturated heterocycles. The van der Waals surface area contributed by atoms with E-state index in [9.17, 15) is 9.90 Å². The van der Waals surface area contributed by atoms with Crippen LogP contribution in [0.4, 0.5) is 0 Å². The highest BCUT2D eigenvalue weighted by molar-refractivity contribution is 5.79. The van der Waals surface area contributed by atoms with Crippen molar-refractivity contribution in [2.75, 3.05) is 52.5 Å². The maximum Gasteiger partial charge on any atom is 0.225 e. The molecule has 2 unspecified atom stereocenters. The van der Waals surface area contributed by atoms with Crippen LogP contribution in [0.5, 0.6) is 0 Å². The minimum Gasteiger partial charge on any atom is -0.396 e. The summed E-state index contributed by atoms with van der Waals surface area (Å²) in [5.74, 6) is 0.764. The number of ether oxygens (including phenoxy) is 1. The van der Waals surface area contributed by atoms with Crippen molar-refractivity contribution in [3.05, 3.63) is 18.7 Å². The first-order chi connectivity index (χ1) is 12.2. The highest BCUT2D eigenvalue weighted by Gasteiger charge is 2.53. The molecule has 1 amide bonds. The molecule has 3 fully saturated rings. The van der Waals surface area contributed by atoms with Crippen LogP contribution in [0.1, 0.15) is 12.8 Å². The average molecular weight is 348 g/mol. The molecule has 4 rings (SSSR count). The van der Waals surface area contributed by atoms with Gasteiger partial charge in [0.25, 0.3) is 0 Å². The number of carbonyl (C=O) groups excluding carboxylic acids is 1. The number of fused-ring (bicyclic) bond motifs is 1. The number of nitrogens with zero attached hydrogens (tertiary/aromatic N) is 4. The van der Waals surface area contributed by atoms with Crippen LogP contribution in [0.25, 0.3) is 0 Å². The Morgan fingerprint density at radius 3 is 2.76 bits per heavy atom. The van der Waals surface area contributed by atoms with Crippen molar-refractivity contribution < 1.29 is 14.6 Å². The molecular weight excluding hydrogens is 320 g/mol. The molecule has 0 bridgehead atoms. The van der Waals surface area contributed by atoms with E-state index in [0.29, 0.717) is 25.7 Å². The van der Waals surface area contributed by atoms with Crippen LogP contribution < -0.4 is 0 Å². The Balaban J connectivity index is 1.35. The van der Waals surface area contributed by atoms with Crippen LogP contribution in [0, 0.1) is 17.3 Å². The number of hydrogen-bond acceptors (Lipinski definition) is 5. The second kappa shape index (κ2) is 7.05. The molecule has 138 valence electrons. The summed E-state index contributed by atoms with van der Waals surface area (Å²) < 4.78 is 7.46. The fourth-order valence-corrected chi connectivity index (χ4v) is 4.73. The summed E-state index contributed by atoms with van der Waals surface area (Å²) in [4.78, 5) is 21.3. The Morgan fingerprint density at radius 2 is 2.08 bits per heavy atom. The first-order valence-electron chi connectivity index (χ1n) is 9.36. The molecule has 1 N–H and O–H groups in total. The van der Waals surface area contributed by atoms with E-state index in [2.05, 4.69) is 14.5 Å². The van der Waals surface area contributed by atoms with Gasteiger partial charge in [0.05, 0.1) is 12.9 Å². The van der Waals surface area contributed by atoms with Crippen molar-refractivity contribution in [3.63, 3.8) is 0 Å². The number of rotatable bonds is 5. The zero-order valence-corrected chi connectivity index (χ0v) is 14.7. The molecule has 25 heavy (non-hydrogen) atoms. The van der Waals surface area contributed by atoms with Crippen LogP contribution in [0.15, 0.2) is 18.7 Å². The van der Waals surface area contributed by atoms with E-state index in [1.807, 2.05) is 17.4 Å². The third kappa shape index (κ3) is 3.32. The lowest BCUT2D eigenvalue weighted by atomic mass is 9.82. The van der Waals surface area contributed by atoms with Gasteiger partial charge < -0.3 is 24.2 Å². The summed E-state index contributed by atoms with van der Waals surface area (Å²) in [6.45, 7) is 6.76. The van der Waals surface area contributed by atoms with Gasteiger partial charge in [-0.05, 0) is 18.8 Å². The fraction of sp³-hybridized carbons (Fsp3) is 0.778. The number of carbonyl (C=O) groups is 1. The van der Waals surface area contributed by atoms with E-state index in [4.69, 9.17) is 4.74 Å². The molecule has 0 aromatic carbocycles. The highest BCUT2D eigenvalue weighted by atomic mass is 16.5. The monoisotopic (exact) mass is 348 g/mol. The maximum absolute atomic E-state index is 12.8. The molecule has 3 aliphatic heterocycles. The van der Waals surface area contributed by atoms with Crippen LogP contribution in [0.2, 0.25) is 0 Å². The van der Waals surface area contributed by atoms with Crippen LogP contribution in [0.3, 0.4) is 0 Å². The number of aliphatic hydroxyl groups is 1. The Bertz CT molecular complexity index is 587. The third-order valence-corrected chi connectivity index (χ3v) is 6.26. The van der Waals surface area contributed by atoms with Crippen molar-refractivity contribution in [2.24, 2.45) is 17.3 Å². The van der Waals surface area contributed by atoms with Crippen molar-refractivity contribution >= 4 is 5.91 Å². The summed E-state index contributed by atoms with van der Waals surface area (Å²) in [5.41, 5.74) is -0.143. The largest absolute Gasteiger partial charge is 0.396 e. The zero-order valence-electron chi connectivity index (χ0n) is 14.7. The second-order valence-electron chi connectivity index (χ2n) is 7.86. The first-order valence-corrected chi connectivity index (χ1v) is 9.36. The van der Waals surface area contributed by atoms with Crippen molar-refractivity contribution in [1.82, 2.24) is 19.4 Å². The molecule has 0 aliphatic carbocycles. The fourth-order valence-electron chi connectivity index (χ4n) is 4.73. The van der Waals surface area contributed by atoms with E-state index in [-0.39, 0.29) is 23.8 Å². The Labute approximate surface area is 148 Å². The molecule has 1 aromatic rings. The van der Waals surface area contributed by atoms with Crippen LogP contribution in [-0.4, -0.2) is 82.9 Å². The standard InChI is InChI=1S/C18H28N4O3/c23-13-18-11-21(6-5-20-4-3-19-14-20)9-16(18)10-22(12-18)17(24)15-1-7-25-8-2-15/h3-4,14-16,23H,1-2,5-13H2. The highest BCUT2D eigenvalue weighted by Crippen LogP contribution is 2.42. The van der Waals surface area contributed by atoms with Crippen molar-refractivity contribution in [1.29, 1.82) is 0 Å². The Kier molecular flexibility index (Phi) is 4.80. The second-order valence-corrected chi connectivity index (χ2v) is 7.86. The molecule has 1 aromatic heterocycles. The minimum absolute atomic E-state index is 0.112. The van der Waals surface area contributed by atoms with Gasteiger partial charge >= 0.3 is 0 Å². The number of aliphatic hydroxyl groups excluding tert-OH is 1. The van der Waals surface area contributed by atoms with Crippen LogP contribution >= 0.6 is 0 Å². The molecule has 3 aliphatic rings. The van der Waals surface area contributed by atoms with Gasteiger partial charge in [-0.2, -0.15) is 0 Å². The van der Waals surface area contributed by atoms with E-state index in [0.717, 1.165) is 45.6 Å². The third-order valence-electron chi connectivity index (χ3n) is 6.26. The van der Waals surface area contributed by atoms with Gasteiger partial charge in [-0.15, -0.1) is 0 Å². The molecule has 0 radical (unpaired) electrons. The van der Waals surface area contributed by atoms with Gasteiger partial charge in [-0.3, -0.25) is 4.79 Å². The van der Waals surface area contributed by atoms with Gasteiger partial charge in [0.2, 0.25) is 5.91 Å². The quantitative estimate of drug-likeness (QED) is 0.815. The summed E-state index contributed by atoms with van der Waals surface area (Å²) in [6, 6.07) is 0. The van der Waals surface area contributed by atoms with E-state index >= 15 is 0 Å². The molecule has 7 nitrogen and oxygen atoms in total. The lowest BCUT2D eigenvalue weighted by Crippen LogP contribution is -2.42. The van der Waals surface area contributed by atoms with Gasteiger partial charge in [-0.25, -0.2) is 4.98 Å². The molecule has 0 spiro atoms. The zero-order chi connectivity index (χ0) is 17.3. The average Bonchev–Trinajstić information content (AvgIpc) is 3.34. The normalized spacial score (nSPS) is 30.8. The lowest BCUT2D eigenvalue weighted by molar-refractivity contribution is -0.138. The van der Waals surface area contributed by atoms with E-state index < -0.39 is 0 Å². The van der Waals surface area contributed by atoms with Crippen molar-refractivity contribution in [3.8, 4) is 0 Å². The smallest absolute Gasteiger partial charge is 0.225 e. The lowest BCUT2D eigenvalue weighted by Gasteiger charge is -2.30. The van der Waals surface area contributed by atoms with Gasteiger partial charge in [0.1, 0.15) is 0 Å². The van der Waals surface area contributed by atoms with Gasteiger partial charge in [-0.1, -0.05) is 0 Å². The summed E-state index contributed by atoms with van der Waals surface area (Å²) >= 11 is 0. The summed E-state index contributed by atoms with van der Waals surface area (Å²) in [5, 5.41) is 10.1. The number of hydrogen-bond donors (Lipinski definition) is 1.